The third kappa shape index (κ3) is 3.94. The molecule has 3 nitrogen and oxygen atoms in total. The van der Waals surface area contributed by atoms with Gasteiger partial charge in [-0.2, -0.15) is 0 Å². The molecule has 3 heteroatoms. The van der Waals surface area contributed by atoms with E-state index in [1.54, 1.807) is 14.2 Å². The molecule has 3 aromatic rings. The van der Waals surface area contributed by atoms with Gasteiger partial charge >= 0.3 is 0 Å². The van der Waals surface area contributed by atoms with E-state index < -0.39 is 0 Å². The zero-order chi connectivity index (χ0) is 17.6. The molecule has 0 saturated carbocycles. The summed E-state index contributed by atoms with van der Waals surface area (Å²) in [6, 6.07) is 24.7. The largest absolute Gasteiger partial charge is 0.497 e. The topological polar surface area (TPSA) is 30.5 Å². The molecular formula is C22H23NO2. The van der Waals surface area contributed by atoms with Crippen LogP contribution in [0.3, 0.4) is 0 Å². The molecule has 0 fully saturated rings. The van der Waals surface area contributed by atoms with Crippen molar-refractivity contribution >= 4 is 5.69 Å². The highest BCUT2D eigenvalue weighted by atomic mass is 16.5. The lowest BCUT2D eigenvalue weighted by molar-refractivity contribution is 0.414. The van der Waals surface area contributed by atoms with Crippen molar-refractivity contribution in [1.82, 2.24) is 0 Å². The maximum absolute atomic E-state index is 5.29. The Balaban J connectivity index is 1.98. The molecule has 1 N–H and O–H groups in total. The summed E-state index contributed by atoms with van der Waals surface area (Å²) in [5, 5.41) is 3.67. The molecule has 128 valence electrons. The van der Waals surface area contributed by atoms with Crippen LogP contribution in [0.15, 0.2) is 72.8 Å². The number of rotatable bonds is 6. The molecule has 0 aromatic heterocycles. The predicted octanol–water partition coefficient (Wildman–Crippen LogP) is 5.21. The summed E-state index contributed by atoms with van der Waals surface area (Å²) >= 11 is 0. The minimum absolute atomic E-state index is 0.0397. The molecule has 25 heavy (non-hydrogen) atoms. The Morgan fingerprint density at radius 2 is 1.16 bits per heavy atom. The van der Waals surface area contributed by atoms with Crippen LogP contribution in [0, 0.1) is 6.92 Å². The monoisotopic (exact) mass is 333 g/mol. The number of benzene rings is 3. The van der Waals surface area contributed by atoms with Gasteiger partial charge in [-0.1, -0.05) is 42.5 Å². The molecule has 0 amide bonds. The maximum atomic E-state index is 5.29. The summed E-state index contributed by atoms with van der Waals surface area (Å²) < 4.78 is 10.6. The van der Waals surface area contributed by atoms with Gasteiger partial charge in [0.2, 0.25) is 0 Å². The first-order valence-corrected chi connectivity index (χ1v) is 8.31. The van der Waals surface area contributed by atoms with Crippen LogP contribution in [0.5, 0.6) is 11.5 Å². The maximum Gasteiger partial charge on any atom is 0.118 e. The first-order valence-electron chi connectivity index (χ1n) is 8.31. The summed E-state index contributed by atoms with van der Waals surface area (Å²) in [7, 11) is 3.36. The van der Waals surface area contributed by atoms with Crippen LogP contribution in [-0.4, -0.2) is 14.2 Å². The molecule has 0 bridgehead atoms. The lowest BCUT2D eigenvalue weighted by Crippen LogP contribution is -2.13. The third-order valence-electron chi connectivity index (χ3n) is 4.34. The molecule has 0 aliphatic carbocycles. The molecule has 0 unspecified atom stereocenters. The third-order valence-corrected chi connectivity index (χ3v) is 4.34. The average Bonchev–Trinajstić information content (AvgIpc) is 2.68. The summed E-state index contributed by atoms with van der Waals surface area (Å²) in [5.74, 6) is 1.71. The summed E-state index contributed by atoms with van der Waals surface area (Å²) in [6.45, 7) is 2.11. The van der Waals surface area contributed by atoms with Gasteiger partial charge in [-0.3, -0.25) is 0 Å². The number of aryl methyl sites for hydroxylation is 1. The highest BCUT2D eigenvalue weighted by molar-refractivity contribution is 5.54. The Bertz CT molecular complexity index is 763. The zero-order valence-corrected chi connectivity index (χ0v) is 14.8. The minimum atomic E-state index is 0.0397. The van der Waals surface area contributed by atoms with Crippen molar-refractivity contribution in [3.63, 3.8) is 0 Å². The van der Waals surface area contributed by atoms with Crippen molar-refractivity contribution in [2.24, 2.45) is 0 Å². The number of hydrogen-bond donors (Lipinski definition) is 1. The first-order chi connectivity index (χ1) is 12.2. The van der Waals surface area contributed by atoms with E-state index in [4.69, 9.17) is 9.47 Å². The zero-order valence-electron chi connectivity index (χ0n) is 14.8. The fourth-order valence-electron chi connectivity index (χ4n) is 2.84. The van der Waals surface area contributed by atoms with Crippen LogP contribution in [0.2, 0.25) is 0 Å². The van der Waals surface area contributed by atoms with Gasteiger partial charge in [0.1, 0.15) is 11.5 Å². The lowest BCUT2D eigenvalue weighted by atomic mass is 9.97. The van der Waals surface area contributed by atoms with E-state index in [1.807, 2.05) is 24.3 Å². The average molecular weight is 333 g/mol. The predicted molar refractivity (Wildman–Crippen MR) is 103 cm³/mol. The SMILES string of the molecule is COc1ccc(C(Nc2ccccc2C)c2ccc(OC)cc2)cc1. The van der Waals surface area contributed by atoms with Crippen molar-refractivity contribution in [1.29, 1.82) is 0 Å². The Morgan fingerprint density at radius 3 is 1.60 bits per heavy atom. The quantitative estimate of drug-likeness (QED) is 0.671. The summed E-state index contributed by atoms with van der Waals surface area (Å²) in [5.41, 5.74) is 4.69. The number of para-hydroxylation sites is 1. The van der Waals surface area contributed by atoms with E-state index in [9.17, 15) is 0 Å². The number of nitrogens with one attached hydrogen (secondary N) is 1. The van der Waals surface area contributed by atoms with Crippen LogP contribution in [0.25, 0.3) is 0 Å². The molecular weight excluding hydrogens is 310 g/mol. The van der Waals surface area contributed by atoms with Crippen molar-refractivity contribution in [3.8, 4) is 11.5 Å². The molecule has 0 heterocycles. The van der Waals surface area contributed by atoms with E-state index >= 15 is 0 Å². The first kappa shape index (κ1) is 16.9. The van der Waals surface area contributed by atoms with Gasteiger partial charge in [-0.25, -0.2) is 0 Å². The molecule has 0 aliphatic heterocycles. The molecule has 3 rings (SSSR count). The highest BCUT2D eigenvalue weighted by Crippen LogP contribution is 2.30. The Kier molecular flexibility index (Phi) is 5.24. The molecule has 0 aliphatic rings. The second-order valence-electron chi connectivity index (χ2n) is 5.94. The van der Waals surface area contributed by atoms with Crippen LogP contribution >= 0.6 is 0 Å². The van der Waals surface area contributed by atoms with Gasteiger partial charge in [0.05, 0.1) is 20.3 Å². The van der Waals surface area contributed by atoms with Crippen molar-refractivity contribution in [2.45, 2.75) is 13.0 Å². The molecule has 3 aromatic carbocycles. The van der Waals surface area contributed by atoms with E-state index in [0.717, 1.165) is 17.2 Å². The van der Waals surface area contributed by atoms with Gasteiger partial charge < -0.3 is 14.8 Å². The normalized spacial score (nSPS) is 10.6. The number of ether oxygens (including phenoxy) is 2. The second kappa shape index (κ2) is 7.75. The number of methoxy groups -OCH3 is 2. The van der Waals surface area contributed by atoms with Crippen LogP contribution in [0.1, 0.15) is 22.7 Å². The lowest BCUT2D eigenvalue weighted by Gasteiger charge is -2.22. The Labute approximate surface area is 149 Å². The number of anilines is 1. The Hall–Kier alpha value is -2.94. The van der Waals surface area contributed by atoms with Crippen molar-refractivity contribution < 1.29 is 9.47 Å². The smallest absolute Gasteiger partial charge is 0.118 e. The second-order valence-corrected chi connectivity index (χ2v) is 5.94. The van der Waals surface area contributed by atoms with Gasteiger partial charge in [0.25, 0.3) is 0 Å². The standard InChI is InChI=1S/C22H23NO2/c1-16-6-4-5-7-21(16)23-22(17-8-12-19(24-2)13-9-17)18-10-14-20(25-3)15-11-18/h4-15,22-23H,1-3H3. The van der Waals surface area contributed by atoms with Gasteiger partial charge in [0, 0.05) is 5.69 Å². The van der Waals surface area contributed by atoms with Crippen LogP contribution < -0.4 is 14.8 Å². The van der Waals surface area contributed by atoms with Gasteiger partial charge in [0.15, 0.2) is 0 Å². The number of hydrogen-bond acceptors (Lipinski definition) is 3. The van der Waals surface area contributed by atoms with Crippen LogP contribution in [0.4, 0.5) is 5.69 Å². The van der Waals surface area contributed by atoms with Crippen LogP contribution in [-0.2, 0) is 0 Å². The van der Waals surface area contributed by atoms with Crippen molar-refractivity contribution in [2.75, 3.05) is 19.5 Å². The van der Waals surface area contributed by atoms with E-state index in [1.165, 1.54) is 16.7 Å². The van der Waals surface area contributed by atoms with E-state index in [0.29, 0.717) is 0 Å². The van der Waals surface area contributed by atoms with Gasteiger partial charge in [-0.05, 0) is 53.9 Å². The Morgan fingerprint density at radius 1 is 0.680 bits per heavy atom. The minimum Gasteiger partial charge on any atom is -0.497 e. The molecule has 0 radical (unpaired) electrons. The van der Waals surface area contributed by atoms with Crippen molar-refractivity contribution in [3.05, 3.63) is 89.5 Å². The molecule has 0 atom stereocenters. The van der Waals surface area contributed by atoms with E-state index in [2.05, 4.69) is 60.8 Å². The fraction of sp³-hybridized carbons (Fsp3) is 0.182. The highest BCUT2D eigenvalue weighted by Gasteiger charge is 2.15. The van der Waals surface area contributed by atoms with E-state index in [-0.39, 0.29) is 6.04 Å². The fourth-order valence-corrected chi connectivity index (χ4v) is 2.84. The summed E-state index contributed by atoms with van der Waals surface area (Å²) in [4.78, 5) is 0. The molecule has 0 saturated heterocycles. The van der Waals surface area contributed by atoms with Gasteiger partial charge in [-0.15, -0.1) is 0 Å². The summed E-state index contributed by atoms with van der Waals surface area (Å²) in [6.07, 6.45) is 0. The molecule has 0 spiro atoms.